The van der Waals surface area contributed by atoms with E-state index in [1.165, 1.54) is 0 Å². The van der Waals surface area contributed by atoms with Gasteiger partial charge in [-0.15, -0.1) is 0 Å². The molecule has 0 heterocycles. The summed E-state index contributed by atoms with van der Waals surface area (Å²) in [6.07, 6.45) is 0. The van der Waals surface area contributed by atoms with Crippen molar-refractivity contribution >= 4 is 17.1 Å². The van der Waals surface area contributed by atoms with Gasteiger partial charge in [0.1, 0.15) is 8.24 Å². The van der Waals surface area contributed by atoms with Crippen molar-refractivity contribution in [1.82, 2.24) is 9.63 Å². The van der Waals surface area contributed by atoms with Gasteiger partial charge in [-0.25, -0.2) is 0 Å². The molecule has 0 saturated carbocycles. The van der Waals surface area contributed by atoms with Crippen molar-refractivity contribution in [3.8, 4) is 0 Å². The van der Waals surface area contributed by atoms with E-state index in [2.05, 4.69) is 29.3 Å². The summed E-state index contributed by atoms with van der Waals surface area (Å²) in [6, 6.07) is 0. The SMILES string of the molecule is CCN[Si](N[Si](C)(C)C)(OC)OC. The molecule has 0 aromatic carbocycles. The van der Waals surface area contributed by atoms with Crippen LogP contribution < -0.4 is 9.63 Å². The molecule has 0 aliphatic heterocycles. The van der Waals surface area contributed by atoms with Crippen molar-refractivity contribution in [3.05, 3.63) is 0 Å². The van der Waals surface area contributed by atoms with E-state index in [1.54, 1.807) is 14.2 Å². The van der Waals surface area contributed by atoms with Crippen LogP contribution in [0.15, 0.2) is 0 Å². The Balaban J connectivity index is 4.38. The zero-order valence-corrected chi connectivity index (χ0v) is 11.5. The van der Waals surface area contributed by atoms with Gasteiger partial charge in [-0.1, -0.05) is 26.6 Å². The minimum absolute atomic E-state index is 0.853. The minimum Gasteiger partial charge on any atom is -0.374 e. The van der Waals surface area contributed by atoms with E-state index >= 15 is 0 Å². The number of hydrogen-bond acceptors (Lipinski definition) is 4. The lowest BCUT2D eigenvalue weighted by Gasteiger charge is -2.33. The average Bonchev–Trinajstić information content (AvgIpc) is 2.01. The van der Waals surface area contributed by atoms with Gasteiger partial charge < -0.3 is 13.5 Å². The molecule has 6 heteroatoms. The predicted octanol–water partition coefficient (Wildman–Crippen LogP) is 0.749. The molecule has 0 atom stereocenters. The Morgan fingerprint density at radius 2 is 1.54 bits per heavy atom. The molecule has 0 aromatic rings. The van der Waals surface area contributed by atoms with Crippen molar-refractivity contribution in [1.29, 1.82) is 0 Å². The van der Waals surface area contributed by atoms with E-state index in [0.717, 1.165) is 6.54 Å². The Morgan fingerprint density at radius 1 is 1.08 bits per heavy atom. The third-order valence-corrected chi connectivity index (χ3v) is 7.81. The molecule has 0 bridgehead atoms. The van der Waals surface area contributed by atoms with Gasteiger partial charge in [0, 0.05) is 14.2 Å². The monoisotopic (exact) mass is 222 g/mol. The van der Waals surface area contributed by atoms with Gasteiger partial charge in [0.05, 0.1) is 0 Å². The van der Waals surface area contributed by atoms with Crippen molar-refractivity contribution in [3.63, 3.8) is 0 Å². The largest absolute Gasteiger partial charge is 0.509 e. The summed E-state index contributed by atoms with van der Waals surface area (Å²) in [7, 11) is -0.318. The van der Waals surface area contributed by atoms with Crippen molar-refractivity contribution in [2.45, 2.75) is 26.6 Å². The lowest BCUT2D eigenvalue weighted by atomic mass is 10.8. The number of hydrogen-bond donors (Lipinski definition) is 2. The highest BCUT2D eigenvalue weighted by Gasteiger charge is 2.40. The number of nitrogens with one attached hydrogen (secondary N) is 2. The third kappa shape index (κ3) is 4.89. The molecule has 0 rings (SSSR count). The second-order valence-electron chi connectivity index (χ2n) is 3.93. The molecule has 4 nitrogen and oxygen atoms in total. The van der Waals surface area contributed by atoms with E-state index in [1.807, 2.05) is 6.92 Å². The Labute approximate surface area is 83.5 Å². The first-order chi connectivity index (χ1) is 5.89. The maximum Gasteiger partial charge on any atom is 0.509 e. The van der Waals surface area contributed by atoms with Gasteiger partial charge in [-0.05, 0) is 6.54 Å². The fraction of sp³-hybridized carbons (Fsp3) is 1.00. The summed E-state index contributed by atoms with van der Waals surface area (Å²) >= 11 is 0. The summed E-state index contributed by atoms with van der Waals surface area (Å²) in [6.45, 7) is 9.58. The summed E-state index contributed by atoms with van der Waals surface area (Å²) in [5.74, 6) is 0. The highest BCUT2D eigenvalue weighted by molar-refractivity contribution is 6.85. The van der Waals surface area contributed by atoms with Crippen LogP contribution in [-0.4, -0.2) is 37.9 Å². The topological polar surface area (TPSA) is 42.5 Å². The normalized spacial score (nSPS) is 13.4. The van der Waals surface area contributed by atoms with Crippen LogP contribution in [-0.2, 0) is 8.85 Å². The summed E-state index contributed by atoms with van der Waals surface area (Å²) in [5.41, 5.74) is 0. The molecule has 13 heavy (non-hydrogen) atoms. The molecule has 0 aliphatic rings. The van der Waals surface area contributed by atoms with Crippen LogP contribution in [0.2, 0.25) is 19.6 Å². The van der Waals surface area contributed by atoms with Crippen LogP contribution in [0.3, 0.4) is 0 Å². The van der Waals surface area contributed by atoms with E-state index in [9.17, 15) is 0 Å². The fourth-order valence-electron chi connectivity index (χ4n) is 1.10. The molecule has 0 radical (unpaired) electrons. The second kappa shape index (κ2) is 5.23. The second-order valence-corrected chi connectivity index (χ2v) is 11.8. The van der Waals surface area contributed by atoms with Gasteiger partial charge in [0.2, 0.25) is 0 Å². The molecule has 0 aromatic heterocycles. The first-order valence-electron chi connectivity index (χ1n) is 4.54. The minimum atomic E-state index is -2.32. The third-order valence-electron chi connectivity index (χ3n) is 1.52. The van der Waals surface area contributed by atoms with Crippen LogP contribution in [0.1, 0.15) is 6.92 Å². The lowest BCUT2D eigenvalue weighted by molar-refractivity contribution is 0.223. The highest BCUT2D eigenvalue weighted by atomic mass is 28.4. The zero-order chi connectivity index (χ0) is 10.5. The molecule has 0 saturated heterocycles. The van der Waals surface area contributed by atoms with Crippen molar-refractivity contribution in [2.24, 2.45) is 0 Å². The van der Waals surface area contributed by atoms with E-state index < -0.39 is 17.1 Å². The zero-order valence-electron chi connectivity index (χ0n) is 9.52. The Bertz CT molecular complexity index is 146. The molecule has 0 unspecified atom stereocenters. The van der Waals surface area contributed by atoms with Gasteiger partial charge >= 0.3 is 8.88 Å². The van der Waals surface area contributed by atoms with Gasteiger partial charge in [-0.3, -0.25) is 4.98 Å². The Kier molecular flexibility index (Phi) is 5.34. The summed E-state index contributed by atoms with van der Waals surface area (Å²) in [5, 5.41) is 0. The van der Waals surface area contributed by atoms with E-state index in [4.69, 9.17) is 8.85 Å². The molecule has 0 aliphatic carbocycles. The maximum absolute atomic E-state index is 5.43. The first kappa shape index (κ1) is 13.3. The fourth-order valence-corrected chi connectivity index (χ4v) is 7.14. The quantitative estimate of drug-likeness (QED) is 0.651. The van der Waals surface area contributed by atoms with Crippen LogP contribution in [0.4, 0.5) is 0 Å². The van der Waals surface area contributed by atoms with Gasteiger partial charge in [0.15, 0.2) is 0 Å². The molecular formula is C7H22N2O2Si2. The maximum atomic E-state index is 5.43. The molecule has 0 fully saturated rings. The molecule has 2 N–H and O–H groups in total. The highest BCUT2D eigenvalue weighted by Crippen LogP contribution is 2.03. The average molecular weight is 222 g/mol. The molecular weight excluding hydrogens is 200 g/mol. The standard InChI is InChI=1S/C7H22N2O2Si2/c1-7-8-13(10-2,11-3)9-12(4,5)6/h8-9H,7H2,1-6H3. The lowest BCUT2D eigenvalue weighted by Crippen LogP contribution is -2.72. The smallest absolute Gasteiger partial charge is 0.374 e. The van der Waals surface area contributed by atoms with Crippen LogP contribution in [0.5, 0.6) is 0 Å². The summed E-state index contributed by atoms with van der Waals surface area (Å²) in [4.78, 5) is 3.27. The summed E-state index contributed by atoms with van der Waals surface area (Å²) < 4.78 is 14.4. The first-order valence-corrected chi connectivity index (χ1v) is 9.85. The molecule has 0 amide bonds. The van der Waals surface area contributed by atoms with Crippen molar-refractivity contribution in [2.75, 3.05) is 20.8 Å². The Morgan fingerprint density at radius 3 is 1.77 bits per heavy atom. The van der Waals surface area contributed by atoms with Gasteiger partial charge in [-0.2, -0.15) is 0 Å². The van der Waals surface area contributed by atoms with Gasteiger partial charge in [0.25, 0.3) is 0 Å². The van der Waals surface area contributed by atoms with Crippen LogP contribution in [0.25, 0.3) is 0 Å². The number of rotatable bonds is 6. The van der Waals surface area contributed by atoms with E-state index in [-0.39, 0.29) is 0 Å². The van der Waals surface area contributed by atoms with E-state index in [0.29, 0.717) is 0 Å². The van der Waals surface area contributed by atoms with Crippen LogP contribution in [0, 0.1) is 0 Å². The predicted molar refractivity (Wildman–Crippen MR) is 59.9 cm³/mol. The Hall–Kier alpha value is 0.274. The molecule has 80 valence electrons. The molecule has 0 spiro atoms. The van der Waals surface area contributed by atoms with Crippen molar-refractivity contribution < 1.29 is 8.85 Å². The van der Waals surface area contributed by atoms with Crippen LogP contribution >= 0.6 is 0 Å².